The van der Waals surface area contributed by atoms with Crippen LogP contribution in [-0.4, -0.2) is 9.97 Å². The number of hydrogen-bond acceptors (Lipinski definition) is 3. The van der Waals surface area contributed by atoms with Crippen LogP contribution in [0.4, 0.5) is 5.82 Å². The van der Waals surface area contributed by atoms with Gasteiger partial charge in [0.25, 0.3) is 0 Å². The summed E-state index contributed by atoms with van der Waals surface area (Å²) >= 11 is 2.26. The molecule has 1 unspecified atom stereocenters. The van der Waals surface area contributed by atoms with Gasteiger partial charge in [0.1, 0.15) is 11.6 Å². The van der Waals surface area contributed by atoms with Gasteiger partial charge in [-0.1, -0.05) is 45.0 Å². The average Bonchev–Trinajstić information content (AvgIpc) is 2.84. The lowest BCUT2D eigenvalue weighted by Gasteiger charge is -2.22. The van der Waals surface area contributed by atoms with Gasteiger partial charge in [-0.25, -0.2) is 9.97 Å². The first-order valence-corrected chi connectivity index (χ1v) is 8.37. The molecule has 2 N–H and O–H groups in total. The van der Waals surface area contributed by atoms with Crippen molar-refractivity contribution >= 4 is 28.4 Å². The van der Waals surface area contributed by atoms with Crippen molar-refractivity contribution < 1.29 is 0 Å². The van der Waals surface area contributed by atoms with Crippen molar-refractivity contribution in [2.75, 3.05) is 5.73 Å². The Hall–Kier alpha value is -1.17. The van der Waals surface area contributed by atoms with Crippen LogP contribution in [0.2, 0.25) is 0 Å². The first-order chi connectivity index (χ1) is 9.88. The zero-order valence-electron chi connectivity index (χ0n) is 12.7. The highest BCUT2D eigenvalue weighted by atomic mass is 127. The second-order valence-corrected chi connectivity index (χ2v) is 7.75. The molecule has 0 saturated carbocycles. The maximum absolute atomic E-state index is 6.15. The molecule has 110 valence electrons. The first-order valence-electron chi connectivity index (χ1n) is 7.29. The van der Waals surface area contributed by atoms with Gasteiger partial charge in [-0.3, -0.25) is 0 Å². The van der Waals surface area contributed by atoms with E-state index in [2.05, 4.69) is 72.6 Å². The Morgan fingerprint density at radius 1 is 1.19 bits per heavy atom. The van der Waals surface area contributed by atoms with Gasteiger partial charge in [0.05, 0.1) is 9.26 Å². The quantitative estimate of drug-likeness (QED) is 0.745. The van der Waals surface area contributed by atoms with E-state index in [0.717, 1.165) is 27.9 Å². The summed E-state index contributed by atoms with van der Waals surface area (Å²) in [5.74, 6) is 1.76. The summed E-state index contributed by atoms with van der Waals surface area (Å²) in [6.45, 7) is 6.51. The van der Waals surface area contributed by atoms with Crippen LogP contribution in [0.3, 0.4) is 0 Å². The Bertz CT molecular complexity index is 689. The average molecular weight is 393 g/mol. The molecule has 0 bridgehead atoms. The van der Waals surface area contributed by atoms with E-state index in [0.29, 0.717) is 5.82 Å². The highest BCUT2D eigenvalue weighted by molar-refractivity contribution is 14.1. The van der Waals surface area contributed by atoms with E-state index in [4.69, 9.17) is 10.7 Å². The third-order valence-electron chi connectivity index (χ3n) is 4.05. The molecule has 2 aromatic rings. The maximum Gasteiger partial charge on any atom is 0.140 e. The number of nitrogens with two attached hydrogens (primary N) is 1. The number of benzene rings is 1. The number of hydrogen-bond donors (Lipinski definition) is 1. The lowest BCUT2D eigenvalue weighted by Crippen LogP contribution is -2.20. The van der Waals surface area contributed by atoms with Crippen molar-refractivity contribution in [2.24, 2.45) is 0 Å². The van der Waals surface area contributed by atoms with Crippen molar-refractivity contribution in [1.29, 1.82) is 0 Å². The van der Waals surface area contributed by atoms with Crippen molar-refractivity contribution in [3.05, 3.63) is 50.5 Å². The molecule has 4 heteroatoms. The van der Waals surface area contributed by atoms with E-state index < -0.39 is 0 Å². The monoisotopic (exact) mass is 393 g/mol. The minimum Gasteiger partial charge on any atom is -0.383 e. The Morgan fingerprint density at radius 2 is 1.90 bits per heavy atom. The van der Waals surface area contributed by atoms with E-state index >= 15 is 0 Å². The van der Waals surface area contributed by atoms with E-state index in [1.807, 2.05) is 0 Å². The molecule has 0 spiro atoms. The molecular formula is C17H20IN3. The topological polar surface area (TPSA) is 51.8 Å². The molecule has 0 radical (unpaired) electrons. The molecular weight excluding hydrogens is 373 g/mol. The predicted octanol–water partition coefficient (Wildman–Crippen LogP) is 4.04. The minimum absolute atomic E-state index is 0.0273. The molecule has 0 saturated heterocycles. The molecule has 1 aliphatic rings. The summed E-state index contributed by atoms with van der Waals surface area (Å²) in [4.78, 5) is 9.47. The zero-order chi connectivity index (χ0) is 15.2. The maximum atomic E-state index is 6.15. The Kier molecular flexibility index (Phi) is 3.67. The molecule has 1 heterocycles. The molecule has 3 rings (SSSR count). The van der Waals surface area contributed by atoms with Gasteiger partial charge in [-0.05, 0) is 46.6 Å². The predicted molar refractivity (Wildman–Crippen MR) is 94.5 cm³/mol. The fraction of sp³-hybridized carbons (Fsp3) is 0.412. The Balaban J connectivity index is 2.11. The Labute approximate surface area is 139 Å². The van der Waals surface area contributed by atoms with Crippen LogP contribution >= 0.6 is 22.6 Å². The SMILES string of the molecule is CC(C)(C)c1nc(C2CCc3ccccc32)nc(N)c1I. The number of aromatic nitrogens is 2. The van der Waals surface area contributed by atoms with E-state index in [1.54, 1.807) is 0 Å². The molecule has 1 atom stereocenters. The van der Waals surface area contributed by atoms with Crippen molar-refractivity contribution in [3.63, 3.8) is 0 Å². The summed E-state index contributed by atoms with van der Waals surface area (Å²) < 4.78 is 0.982. The molecule has 0 aliphatic heterocycles. The van der Waals surface area contributed by atoms with Gasteiger partial charge in [0.15, 0.2) is 0 Å². The van der Waals surface area contributed by atoms with Gasteiger partial charge in [0.2, 0.25) is 0 Å². The molecule has 1 aromatic heterocycles. The van der Waals surface area contributed by atoms with Crippen LogP contribution in [0.15, 0.2) is 24.3 Å². The Morgan fingerprint density at radius 3 is 2.62 bits per heavy atom. The number of nitrogen functional groups attached to an aromatic ring is 1. The number of anilines is 1. The summed E-state index contributed by atoms with van der Waals surface area (Å²) in [5.41, 5.74) is 9.95. The molecule has 21 heavy (non-hydrogen) atoms. The van der Waals surface area contributed by atoms with Crippen LogP contribution in [0.25, 0.3) is 0 Å². The molecule has 3 nitrogen and oxygen atoms in total. The van der Waals surface area contributed by atoms with Crippen LogP contribution in [0.5, 0.6) is 0 Å². The largest absolute Gasteiger partial charge is 0.383 e. The fourth-order valence-corrected chi connectivity index (χ4v) is 4.01. The van der Waals surface area contributed by atoms with E-state index in [1.165, 1.54) is 11.1 Å². The molecule has 1 aromatic carbocycles. The van der Waals surface area contributed by atoms with Gasteiger partial charge in [-0.2, -0.15) is 0 Å². The van der Waals surface area contributed by atoms with Crippen LogP contribution in [-0.2, 0) is 11.8 Å². The van der Waals surface area contributed by atoms with E-state index in [-0.39, 0.29) is 11.3 Å². The third kappa shape index (κ3) is 2.65. The number of nitrogens with zero attached hydrogens (tertiary/aromatic N) is 2. The van der Waals surface area contributed by atoms with E-state index in [9.17, 15) is 0 Å². The van der Waals surface area contributed by atoms with Crippen LogP contribution in [0.1, 0.15) is 55.8 Å². The second-order valence-electron chi connectivity index (χ2n) is 6.67. The summed E-state index contributed by atoms with van der Waals surface area (Å²) in [5, 5.41) is 0. The van der Waals surface area contributed by atoms with Crippen LogP contribution in [0, 0.1) is 3.57 Å². The highest BCUT2D eigenvalue weighted by Crippen LogP contribution is 2.38. The zero-order valence-corrected chi connectivity index (χ0v) is 14.8. The summed E-state index contributed by atoms with van der Waals surface area (Å²) in [6.07, 6.45) is 2.17. The van der Waals surface area contributed by atoms with Crippen molar-refractivity contribution in [2.45, 2.75) is 44.9 Å². The van der Waals surface area contributed by atoms with Crippen molar-refractivity contribution in [1.82, 2.24) is 9.97 Å². The highest BCUT2D eigenvalue weighted by Gasteiger charge is 2.29. The van der Waals surface area contributed by atoms with Gasteiger partial charge < -0.3 is 5.73 Å². The normalized spacial score (nSPS) is 17.8. The van der Waals surface area contributed by atoms with Crippen LogP contribution < -0.4 is 5.73 Å². The fourth-order valence-electron chi connectivity index (χ4n) is 2.96. The minimum atomic E-state index is -0.0273. The third-order valence-corrected chi connectivity index (χ3v) is 5.11. The molecule has 0 fully saturated rings. The lowest BCUT2D eigenvalue weighted by molar-refractivity contribution is 0.554. The summed E-state index contributed by atoms with van der Waals surface area (Å²) in [6, 6.07) is 8.60. The van der Waals surface area contributed by atoms with Crippen molar-refractivity contribution in [3.8, 4) is 0 Å². The number of rotatable bonds is 1. The molecule has 0 amide bonds. The van der Waals surface area contributed by atoms with Gasteiger partial charge >= 0.3 is 0 Å². The standard InChI is InChI=1S/C17H20IN3/c1-17(2,3)14-13(18)15(19)21-16(20-14)12-9-8-10-6-4-5-7-11(10)12/h4-7,12H,8-9H2,1-3H3,(H2,19,20,21). The van der Waals surface area contributed by atoms with Gasteiger partial charge in [-0.15, -0.1) is 0 Å². The number of halogens is 1. The smallest absolute Gasteiger partial charge is 0.140 e. The molecule has 1 aliphatic carbocycles. The first kappa shape index (κ1) is 14.8. The number of aryl methyl sites for hydroxylation is 1. The van der Waals surface area contributed by atoms with Gasteiger partial charge in [0, 0.05) is 11.3 Å². The summed E-state index contributed by atoms with van der Waals surface area (Å²) in [7, 11) is 0. The lowest BCUT2D eigenvalue weighted by atomic mass is 9.91. The second kappa shape index (κ2) is 5.23. The number of fused-ring (bicyclic) bond motifs is 1.